The first kappa shape index (κ1) is 18.5. The number of aliphatic carboxylic acids is 1. The van der Waals surface area contributed by atoms with Crippen molar-refractivity contribution in [1.29, 1.82) is 0 Å². The molecule has 0 aliphatic rings. The third-order valence-corrected chi connectivity index (χ3v) is 2.94. The average Bonchev–Trinajstić information content (AvgIpc) is 2.94. The smallest absolute Gasteiger partial charge is 0.475 e. The number of nitrogens with one attached hydrogen (secondary N) is 1. The van der Waals surface area contributed by atoms with Crippen LogP contribution in [0.3, 0.4) is 0 Å². The van der Waals surface area contributed by atoms with Gasteiger partial charge in [-0.1, -0.05) is 16.8 Å². The van der Waals surface area contributed by atoms with E-state index >= 15 is 0 Å². The highest BCUT2D eigenvalue weighted by molar-refractivity contribution is 6.31. The lowest BCUT2D eigenvalue weighted by atomic mass is 10.3. The summed E-state index contributed by atoms with van der Waals surface area (Å²) in [5.74, 6) is -2.76. The molecule has 25 heavy (non-hydrogen) atoms. The Balaban J connectivity index is 0.000000277. The zero-order chi connectivity index (χ0) is 18.6. The monoisotopic (exact) mass is 377 g/mol. The Morgan fingerprint density at radius 1 is 1.28 bits per heavy atom. The Kier molecular flexibility index (Phi) is 5.42. The summed E-state index contributed by atoms with van der Waals surface area (Å²) >= 11 is 5.70. The lowest BCUT2D eigenvalue weighted by Gasteiger charge is -2.03. The van der Waals surface area contributed by atoms with Crippen molar-refractivity contribution in [1.82, 2.24) is 10.1 Å². The number of rotatable bonds is 2. The molecule has 0 amide bonds. The van der Waals surface area contributed by atoms with Gasteiger partial charge in [0.2, 0.25) is 0 Å². The summed E-state index contributed by atoms with van der Waals surface area (Å²) in [6.45, 7) is 0. The molecule has 0 aliphatic carbocycles. The van der Waals surface area contributed by atoms with E-state index in [0.717, 1.165) is 0 Å². The van der Waals surface area contributed by atoms with Crippen molar-refractivity contribution < 1.29 is 32.0 Å². The quantitative estimate of drug-likeness (QED) is 0.644. The minimum atomic E-state index is -5.08. The fourth-order valence-corrected chi connectivity index (χ4v) is 1.75. The number of benzene rings is 1. The first-order chi connectivity index (χ1) is 11.7. The minimum Gasteiger partial charge on any atom is -0.475 e. The largest absolute Gasteiger partial charge is 0.490 e. The summed E-state index contributed by atoms with van der Waals surface area (Å²) in [7, 11) is 0. The highest BCUT2D eigenvalue weighted by atomic mass is 35.5. The van der Waals surface area contributed by atoms with Gasteiger partial charge >= 0.3 is 12.1 Å². The van der Waals surface area contributed by atoms with E-state index in [-0.39, 0.29) is 5.02 Å². The molecule has 0 unspecified atom stereocenters. The van der Waals surface area contributed by atoms with E-state index in [0.29, 0.717) is 22.6 Å². The first-order valence-electron chi connectivity index (χ1n) is 6.41. The van der Waals surface area contributed by atoms with Gasteiger partial charge in [0, 0.05) is 11.9 Å². The summed E-state index contributed by atoms with van der Waals surface area (Å²) in [6, 6.07) is 7.83. The molecule has 0 saturated carbocycles. The van der Waals surface area contributed by atoms with Gasteiger partial charge in [-0.05, 0) is 30.3 Å². The van der Waals surface area contributed by atoms with Crippen molar-refractivity contribution in [2.24, 2.45) is 0 Å². The number of hydrogen-bond donors (Lipinski definition) is 2. The number of fused-ring (bicyclic) bond motifs is 1. The molecule has 132 valence electrons. The van der Waals surface area contributed by atoms with Crippen LogP contribution < -0.4 is 5.32 Å². The van der Waals surface area contributed by atoms with E-state index in [1.807, 2.05) is 0 Å². The molecule has 0 fully saturated rings. The number of carbonyl (C=O) groups is 1. The zero-order valence-electron chi connectivity index (χ0n) is 12.0. The Morgan fingerprint density at radius 2 is 1.96 bits per heavy atom. The van der Waals surface area contributed by atoms with Crippen LogP contribution in [0.4, 0.5) is 29.1 Å². The maximum atomic E-state index is 13.0. The number of halogens is 5. The van der Waals surface area contributed by atoms with Gasteiger partial charge in [-0.2, -0.15) is 13.2 Å². The number of pyridine rings is 1. The standard InChI is InChI=1S/C12H7ClFN3O.C2HF3O2/c13-8-6-7(3-4-9(8)14)16-12-11-10(18-17-12)2-1-5-15-11;3-2(4,5)1(6)7/h1-6H,(H,16,17);(H,6,7). The number of anilines is 2. The molecule has 1 aromatic carbocycles. The molecular weight excluding hydrogens is 370 g/mol. The van der Waals surface area contributed by atoms with Crippen molar-refractivity contribution in [3.8, 4) is 0 Å². The third kappa shape index (κ3) is 4.80. The maximum absolute atomic E-state index is 13.0. The Bertz CT molecular complexity index is 898. The van der Waals surface area contributed by atoms with Crippen LogP contribution >= 0.6 is 11.6 Å². The molecule has 0 bridgehead atoms. The van der Waals surface area contributed by atoms with Crippen molar-refractivity contribution in [3.05, 3.63) is 47.4 Å². The Morgan fingerprint density at radius 3 is 2.56 bits per heavy atom. The van der Waals surface area contributed by atoms with Gasteiger partial charge in [0.1, 0.15) is 5.82 Å². The SMILES string of the molecule is Fc1ccc(Nc2noc3cccnc23)cc1Cl.O=C(O)C(F)(F)F. The molecule has 3 aromatic rings. The van der Waals surface area contributed by atoms with Crippen molar-refractivity contribution in [2.45, 2.75) is 6.18 Å². The average molecular weight is 378 g/mol. The fraction of sp³-hybridized carbons (Fsp3) is 0.0714. The third-order valence-electron chi connectivity index (χ3n) is 2.66. The molecule has 0 saturated heterocycles. The predicted octanol–water partition coefficient (Wildman–Crippen LogP) is 4.39. The van der Waals surface area contributed by atoms with Crippen LogP contribution in [0.2, 0.25) is 5.02 Å². The molecule has 2 heterocycles. The lowest BCUT2D eigenvalue weighted by Crippen LogP contribution is -2.21. The van der Waals surface area contributed by atoms with Crippen LogP contribution in [0.5, 0.6) is 0 Å². The van der Waals surface area contributed by atoms with Crippen molar-refractivity contribution in [2.75, 3.05) is 5.32 Å². The molecule has 3 rings (SSSR count). The summed E-state index contributed by atoms with van der Waals surface area (Å²) in [6.07, 6.45) is -3.44. The number of carboxylic acid groups (broad SMARTS) is 1. The van der Waals surface area contributed by atoms with E-state index < -0.39 is 18.0 Å². The van der Waals surface area contributed by atoms with E-state index in [4.69, 9.17) is 26.0 Å². The summed E-state index contributed by atoms with van der Waals surface area (Å²) < 4.78 is 49.9. The van der Waals surface area contributed by atoms with Gasteiger partial charge in [0.25, 0.3) is 0 Å². The number of hydrogen-bond acceptors (Lipinski definition) is 5. The summed E-state index contributed by atoms with van der Waals surface area (Å²) in [5, 5.41) is 14.0. The Labute approximate surface area is 142 Å². The van der Waals surface area contributed by atoms with Crippen LogP contribution in [-0.2, 0) is 4.79 Å². The highest BCUT2D eigenvalue weighted by Gasteiger charge is 2.38. The number of nitrogens with zero attached hydrogens (tertiary/aromatic N) is 2. The van der Waals surface area contributed by atoms with Crippen LogP contribution in [0.1, 0.15) is 0 Å². The second-order valence-electron chi connectivity index (χ2n) is 4.44. The normalized spacial score (nSPS) is 10.9. The van der Waals surface area contributed by atoms with E-state index in [1.165, 1.54) is 12.1 Å². The van der Waals surface area contributed by atoms with Crippen LogP contribution in [0, 0.1) is 5.82 Å². The van der Waals surface area contributed by atoms with E-state index in [9.17, 15) is 17.6 Å². The maximum Gasteiger partial charge on any atom is 0.490 e. The molecule has 2 aromatic heterocycles. The van der Waals surface area contributed by atoms with Crippen LogP contribution in [0.15, 0.2) is 41.1 Å². The molecule has 0 atom stereocenters. The highest BCUT2D eigenvalue weighted by Crippen LogP contribution is 2.26. The molecule has 6 nitrogen and oxygen atoms in total. The molecule has 2 N–H and O–H groups in total. The van der Waals surface area contributed by atoms with Crippen molar-refractivity contribution in [3.63, 3.8) is 0 Å². The molecular formula is C14H8ClF4N3O3. The van der Waals surface area contributed by atoms with Gasteiger partial charge in [-0.25, -0.2) is 14.2 Å². The van der Waals surface area contributed by atoms with Crippen LogP contribution in [-0.4, -0.2) is 27.4 Å². The predicted molar refractivity (Wildman–Crippen MR) is 80.2 cm³/mol. The molecule has 0 spiro atoms. The Hall–Kier alpha value is -2.88. The fourth-order valence-electron chi connectivity index (χ4n) is 1.57. The summed E-state index contributed by atoms with van der Waals surface area (Å²) in [5.41, 5.74) is 1.80. The van der Waals surface area contributed by atoms with Gasteiger partial charge in [0.15, 0.2) is 16.9 Å². The van der Waals surface area contributed by atoms with Gasteiger partial charge in [0.05, 0.1) is 5.02 Å². The zero-order valence-corrected chi connectivity index (χ0v) is 12.8. The summed E-state index contributed by atoms with van der Waals surface area (Å²) in [4.78, 5) is 13.0. The molecule has 0 aliphatic heterocycles. The molecule has 0 radical (unpaired) electrons. The van der Waals surface area contributed by atoms with E-state index in [1.54, 1.807) is 24.4 Å². The number of carboxylic acids is 1. The van der Waals surface area contributed by atoms with Crippen LogP contribution in [0.25, 0.3) is 11.1 Å². The second-order valence-corrected chi connectivity index (χ2v) is 4.85. The molecule has 11 heteroatoms. The number of alkyl halides is 3. The topological polar surface area (TPSA) is 88.3 Å². The second kappa shape index (κ2) is 7.34. The first-order valence-corrected chi connectivity index (χ1v) is 6.79. The van der Waals surface area contributed by atoms with Gasteiger partial charge < -0.3 is 14.9 Å². The van der Waals surface area contributed by atoms with Gasteiger partial charge in [-0.3, -0.25) is 0 Å². The lowest BCUT2D eigenvalue weighted by molar-refractivity contribution is -0.192. The number of aromatic nitrogens is 2. The minimum absolute atomic E-state index is 0.0424. The van der Waals surface area contributed by atoms with E-state index in [2.05, 4.69) is 15.5 Å². The van der Waals surface area contributed by atoms with Gasteiger partial charge in [-0.15, -0.1) is 0 Å². The van der Waals surface area contributed by atoms with Crippen molar-refractivity contribution >= 4 is 40.2 Å².